The molecule has 5 nitrogen and oxygen atoms in total. The van der Waals surface area contributed by atoms with Crippen molar-refractivity contribution in [2.75, 3.05) is 0 Å². The molecule has 5 heteroatoms. The van der Waals surface area contributed by atoms with E-state index < -0.39 is 0 Å². The first-order chi connectivity index (χ1) is 23.8. The molecular formula is C43H27N5. The summed E-state index contributed by atoms with van der Waals surface area (Å²) >= 11 is 0. The maximum absolute atomic E-state index is 5.30. The topological polar surface area (TPSA) is 62.3 Å². The van der Waals surface area contributed by atoms with E-state index in [1.54, 1.807) is 0 Å². The van der Waals surface area contributed by atoms with Crippen molar-refractivity contribution in [1.82, 2.24) is 4.98 Å². The Kier molecular flexibility index (Phi) is 6.72. The van der Waals surface area contributed by atoms with Gasteiger partial charge in [-0.15, -0.1) is 0 Å². The van der Waals surface area contributed by atoms with E-state index in [1.807, 2.05) is 66.9 Å². The lowest BCUT2D eigenvalue weighted by molar-refractivity contribution is 1.27. The van der Waals surface area contributed by atoms with Crippen LogP contribution in [0.1, 0.15) is 22.4 Å². The Morgan fingerprint density at radius 3 is 0.979 bits per heavy atom. The van der Waals surface area contributed by atoms with Crippen LogP contribution in [0.15, 0.2) is 207 Å². The minimum Gasteiger partial charge on any atom is -0.256 e. The van der Waals surface area contributed by atoms with Crippen LogP contribution in [-0.4, -0.2) is 27.8 Å². The number of allylic oxidation sites excluding steroid dienone is 12. The van der Waals surface area contributed by atoms with Gasteiger partial charge >= 0.3 is 0 Å². The summed E-state index contributed by atoms with van der Waals surface area (Å²) in [5, 5.41) is 0. The minimum absolute atomic E-state index is 0.798. The molecule has 0 N–H and O–H groups in total. The van der Waals surface area contributed by atoms with Gasteiger partial charge in [-0.2, -0.15) is 0 Å². The summed E-state index contributed by atoms with van der Waals surface area (Å²) in [4.78, 5) is 25.9. The van der Waals surface area contributed by atoms with Crippen LogP contribution in [0.5, 0.6) is 0 Å². The van der Waals surface area contributed by atoms with Gasteiger partial charge in [0.25, 0.3) is 0 Å². The maximum atomic E-state index is 5.30. The first kappa shape index (κ1) is 27.7. The fourth-order valence-corrected chi connectivity index (χ4v) is 6.56. The largest absolute Gasteiger partial charge is 0.256 e. The van der Waals surface area contributed by atoms with Crippen LogP contribution in [0.4, 0.5) is 0 Å². The fraction of sp³-hybridized carbons (Fsp3) is 0. The smallest absolute Gasteiger partial charge is 0.0753 e. The summed E-state index contributed by atoms with van der Waals surface area (Å²) in [5.41, 5.74) is 14.3. The normalized spacial score (nSPS) is 17.8. The zero-order valence-corrected chi connectivity index (χ0v) is 25.8. The van der Waals surface area contributed by atoms with E-state index in [-0.39, 0.29) is 0 Å². The SMILES string of the molecule is C1=CC2=C(c3ccccc3)C3=NC(=C(c4ccccn4)C4=NC(=C(c5ccccc5)C5=NC(=C(c6ccccc6)C1=N2)C=C5)C=C4)C=C3. The maximum Gasteiger partial charge on any atom is 0.0753 e. The van der Waals surface area contributed by atoms with E-state index >= 15 is 0 Å². The summed E-state index contributed by atoms with van der Waals surface area (Å²) < 4.78 is 0. The Hall–Kier alpha value is -6.59. The zero-order chi connectivity index (χ0) is 31.9. The summed E-state index contributed by atoms with van der Waals surface area (Å²) in [7, 11) is 0. The third-order valence-corrected chi connectivity index (χ3v) is 8.72. The number of aliphatic imine (C=N–C) groups is 4. The van der Waals surface area contributed by atoms with Crippen molar-refractivity contribution in [3.8, 4) is 0 Å². The number of rotatable bonds is 4. The van der Waals surface area contributed by atoms with Crippen molar-refractivity contribution in [1.29, 1.82) is 0 Å². The fourth-order valence-electron chi connectivity index (χ4n) is 6.56. The quantitative estimate of drug-likeness (QED) is 0.227. The highest BCUT2D eigenvalue weighted by molar-refractivity contribution is 6.39. The van der Waals surface area contributed by atoms with Crippen molar-refractivity contribution >= 4 is 45.1 Å². The molecule has 0 aliphatic carbocycles. The van der Waals surface area contributed by atoms with Gasteiger partial charge in [0.15, 0.2) is 0 Å². The number of pyridine rings is 1. The van der Waals surface area contributed by atoms with Crippen LogP contribution in [-0.2, 0) is 0 Å². The molecule has 9 rings (SSSR count). The van der Waals surface area contributed by atoms with Crippen molar-refractivity contribution < 1.29 is 0 Å². The second kappa shape index (κ2) is 11.6. The standard InChI is InChI=1S/C43H27N5/c1-4-12-28(13-5-1)40-32-19-21-34(45-32)41(29-14-6-2-7-15-29)36-23-25-38(47-36)43(31-18-10-11-27-44-31)39-26-24-37(48-39)42(30-16-8-3-9-17-30)35-22-20-33(40)46-35/h1-27H. The van der Waals surface area contributed by atoms with Crippen molar-refractivity contribution in [2.45, 2.75) is 0 Å². The van der Waals surface area contributed by atoms with Crippen LogP contribution >= 0.6 is 0 Å². The predicted octanol–water partition coefficient (Wildman–Crippen LogP) is 9.08. The van der Waals surface area contributed by atoms with Crippen LogP contribution in [0.2, 0.25) is 0 Å². The molecule has 0 fully saturated rings. The molecule has 48 heavy (non-hydrogen) atoms. The summed E-state index contributed by atoms with van der Waals surface area (Å²) in [5.74, 6) is 0. The summed E-state index contributed by atoms with van der Waals surface area (Å²) in [6.45, 7) is 0. The van der Waals surface area contributed by atoms with Gasteiger partial charge in [-0.05, 0) is 77.4 Å². The van der Waals surface area contributed by atoms with Gasteiger partial charge in [-0.25, -0.2) is 20.0 Å². The minimum atomic E-state index is 0.798. The number of hydrogen-bond donors (Lipinski definition) is 0. The number of hydrogen-bond acceptors (Lipinski definition) is 5. The highest BCUT2D eigenvalue weighted by Crippen LogP contribution is 2.38. The Bertz CT molecular complexity index is 2030. The molecule has 0 amide bonds. The molecule has 0 spiro atoms. The molecule has 0 atom stereocenters. The van der Waals surface area contributed by atoms with Gasteiger partial charge in [-0.1, -0.05) is 97.1 Å². The molecule has 5 aliphatic heterocycles. The zero-order valence-electron chi connectivity index (χ0n) is 25.8. The Balaban J connectivity index is 1.37. The molecule has 3 aromatic carbocycles. The van der Waals surface area contributed by atoms with E-state index in [4.69, 9.17) is 25.0 Å². The summed E-state index contributed by atoms with van der Waals surface area (Å²) in [6.07, 6.45) is 18.4. The Morgan fingerprint density at radius 1 is 0.292 bits per heavy atom. The van der Waals surface area contributed by atoms with E-state index in [0.29, 0.717) is 0 Å². The molecule has 1 aromatic heterocycles. The van der Waals surface area contributed by atoms with E-state index in [1.165, 1.54) is 0 Å². The van der Waals surface area contributed by atoms with E-state index in [2.05, 4.69) is 97.1 Å². The van der Waals surface area contributed by atoms with Gasteiger partial charge < -0.3 is 0 Å². The summed E-state index contributed by atoms with van der Waals surface area (Å²) in [6, 6.07) is 37.0. The number of aromatic nitrogens is 1. The monoisotopic (exact) mass is 613 g/mol. The van der Waals surface area contributed by atoms with Crippen molar-refractivity contribution in [3.05, 3.63) is 209 Å². The lowest BCUT2D eigenvalue weighted by Gasteiger charge is -2.12. The molecule has 6 heterocycles. The van der Waals surface area contributed by atoms with Gasteiger partial charge in [0.05, 0.1) is 56.9 Å². The highest BCUT2D eigenvalue weighted by atomic mass is 14.9. The molecule has 0 saturated heterocycles. The van der Waals surface area contributed by atoms with Gasteiger partial charge in [0.2, 0.25) is 0 Å². The van der Waals surface area contributed by atoms with Gasteiger partial charge in [-0.3, -0.25) is 4.98 Å². The average molecular weight is 614 g/mol. The average Bonchev–Trinajstić information content (AvgIpc) is 3.98. The van der Waals surface area contributed by atoms with Gasteiger partial charge in [0, 0.05) is 22.9 Å². The molecular weight excluding hydrogens is 587 g/mol. The molecule has 0 radical (unpaired) electrons. The lowest BCUT2D eigenvalue weighted by atomic mass is 9.98. The Morgan fingerprint density at radius 2 is 0.625 bits per heavy atom. The molecule has 5 aliphatic rings. The first-order valence-corrected chi connectivity index (χ1v) is 15.9. The Labute approximate surface area is 278 Å². The number of fused-ring (bicyclic) bond motifs is 4. The number of benzene rings is 3. The molecule has 4 aromatic rings. The van der Waals surface area contributed by atoms with Crippen LogP contribution in [0.3, 0.4) is 0 Å². The molecule has 0 unspecified atom stereocenters. The first-order valence-electron chi connectivity index (χ1n) is 15.9. The lowest BCUT2D eigenvalue weighted by Crippen LogP contribution is -2.04. The van der Waals surface area contributed by atoms with Crippen LogP contribution in [0, 0.1) is 0 Å². The van der Waals surface area contributed by atoms with Gasteiger partial charge in [0.1, 0.15) is 0 Å². The van der Waals surface area contributed by atoms with Crippen LogP contribution in [0.25, 0.3) is 22.3 Å². The second-order valence-electron chi connectivity index (χ2n) is 11.7. The number of nitrogens with zero attached hydrogens (tertiary/aromatic N) is 5. The predicted molar refractivity (Wildman–Crippen MR) is 198 cm³/mol. The van der Waals surface area contributed by atoms with Crippen LogP contribution < -0.4 is 0 Å². The second-order valence-corrected chi connectivity index (χ2v) is 11.7. The van der Waals surface area contributed by atoms with Crippen molar-refractivity contribution in [3.63, 3.8) is 0 Å². The molecule has 0 saturated carbocycles. The molecule has 224 valence electrons. The molecule has 8 bridgehead atoms. The third-order valence-electron chi connectivity index (χ3n) is 8.72. The third kappa shape index (κ3) is 4.86. The highest BCUT2D eigenvalue weighted by Gasteiger charge is 2.27. The van der Waals surface area contributed by atoms with E-state index in [0.717, 1.165) is 90.3 Å². The van der Waals surface area contributed by atoms with E-state index in [9.17, 15) is 0 Å². The van der Waals surface area contributed by atoms with Crippen molar-refractivity contribution in [2.24, 2.45) is 20.0 Å².